The van der Waals surface area contributed by atoms with Crippen molar-refractivity contribution in [3.63, 3.8) is 0 Å². The van der Waals surface area contributed by atoms with Crippen LogP contribution in [0.15, 0.2) is 280 Å². The summed E-state index contributed by atoms with van der Waals surface area (Å²) in [6.45, 7) is 17.5. The minimum Gasteiger partial charge on any atom is -0.354 e. The molecule has 12 aromatic carbocycles. The van der Waals surface area contributed by atoms with E-state index in [9.17, 15) is 24.0 Å². The van der Waals surface area contributed by atoms with Crippen LogP contribution in [0.1, 0.15) is 70.3 Å². The van der Waals surface area contributed by atoms with Crippen LogP contribution in [0.5, 0.6) is 0 Å². The van der Waals surface area contributed by atoms with Crippen LogP contribution in [-0.2, 0) is 11.2 Å². The number of halogens is 4. The number of aromatic nitrogens is 5. The van der Waals surface area contributed by atoms with Crippen molar-refractivity contribution in [2.45, 2.75) is 46.5 Å². The Kier molecular flexibility index (Phi) is 22.5. The topological polar surface area (TPSA) is 124 Å². The maximum Gasteiger partial charge on any atom is 0.254 e. The number of nitrogens with zero attached hydrogens (tertiary/aromatic N) is 5. The molecule has 5 aromatic heterocycles. The summed E-state index contributed by atoms with van der Waals surface area (Å²) < 4.78 is 7.00. The van der Waals surface area contributed by atoms with Gasteiger partial charge in [-0.1, -0.05) is 228 Å². The second-order valence-electron chi connectivity index (χ2n) is 26.5. The maximum absolute atomic E-state index is 13.3. The lowest BCUT2D eigenvalue weighted by Crippen LogP contribution is -2.21. The van der Waals surface area contributed by atoms with Crippen molar-refractivity contribution in [2.75, 3.05) is 37.3 Å². The SMILES string of the molecule is C=CC(=O)n1c2ccccc2c2cc(-c3cccc4c5ccccc5n(C(=O)C=C)c34)ccc21.CCN(CC)CC.O=C(CCCl)n1c2ccccc2c2cc(-c3cccc4c5ccccc5n(C(=O)CCCl)c34)ccc21.O=C(Cl)CCCl.c1ccc2c(c1)Cc1ccc(-c3cccc4c3[nH]c3ccccc34)cc1-2. The van der Waals surface area contributed by atoms with E-state index < -0.39 is 0 Å². The van der Waals surface area contributed by atoms with Gasteiger partial charge in [0.15, 0.2) is 0 Å². The van der Waals surface area contributed by atoms with Gasteiger partial charge in [-0.2, -0.15) is 0 Å². The van der Waals surface area contributed by atoms with Crippen molar-refractivity contribution >= 4 is 184 Å². The number of fused-ring (bicyclic) bond motifs is 18. The molecule has 11 nitrogen and oxygen atoms in total. The van der Waals surface area contributed by atoms with Gasteiger partial charge in [0.05, 0.1) is 49.7 Å². The number of allylic oxidation sites excluding steroid dienone is 2. The molecule has 15 heteroatoms. The van der Waals surface area contributed by atoms with Crippen molar-refractivity contribution in [1.29, 1.82) is 0 Å². The van der Waals surface area contributed by atoms with Crippen LogP contribution < -0.4 is 0 Å². The Balaban J connectivity index is 0.000000127. The number of para-hydroxylation sites is 8. The van der Waals surface area contributed by atoms with Crippen LogP contribution in [0.25, 0.3) is 154 Å². The van der Waals surface area contributed by atoms with Gasteiger partial charge in [0, 0.05) is 113 Å². The highest BCUT2D eigenvalue weighted by Gasteiger charge is 2.25. The summed E-state index contributed by atoms with van der Waals surface area (Å²) in [5.74, 6) is 0.448. The van der Waals surface area contributed by atoms with Crippen LogP contribution in [-0.4, -0.2) is 94.3 Å². The molecule has 0 saturated carbocycles. The van der Waals surface area contributed by atoms with Crippen LogP contribution in [0.4, 0.5) is 0 Å². The first kappa shape index (κ1) is 74.4. The fourth-order valence-electron chi connectivity index (χ4n) is 15.5. The van der Waals surface area contributed by atoms with Crippen LogP contribution in [0.3, 0.4) is 0 Å². The molecule has 0 aliphatic heterocycles. The number of H-pyrrole nitrogens is 1. The fraction of sp³-hybridized carbons (Fsp3) is 0.138. The van der Waals surface area contributed by atoms with Gasteiger partial charge in [0.1, 0.15) is 0 Å². The average Bonchev–Trinajstić information content (AvgIpc) is 1.57. The zero-order valence-corrected chi connectivity index (χ0v) is 63.7. The molecule has 0 saturated heterocycles. The lowest BCUT2D eigenvalue weighted by molar-refractivity contribution is -0.111. The third kappa shape index (κ3) is 14.2. The third-order valence-electron chi connectivity index (χ3n) is 20.5. The predicted octanol–water partition coefficient (Wildman–Crippen LogP) is 24.6. The molecule has 0 spiro atoms. The molecular formula is C94H78Cl4N6O5. The second kappa shape index (κ2) is 33.0. The number of alkyl halides is 3. The summed E-state index contributed by atoms with van der Waals surface area (Å²) in [6.07, 6.45) is 4.50. The van der Waals surface area contributed by atoms with Crippen molar-refractivity contribution in [3.8, 4) is 44.5 Å². The van der Waals surface area contributed by atoms with Gasteiger partial charge in [-0.25, -0.2) is 0 Å². The van der Waals surface area contributed by atoms with Gasteiger partial charge < -0.3 is 9.88 Å². The van der Waals surface area contributed by atoms with E-state index in [4.69, 9.17) is 46.4 Å². The van der Waals surface area contributed by atoms with E-state index in [2.05, 4.69) is 147 Å². The number of carbonyl (C=O) groups is 5. The largest absolute Gasteiger partial charge is 0.354 e. The summed E-state index contributed by atoms with van der Waals surface area (Å²) in [7, 11) is 0. The standard InChI is InChI=1S/C30H22Cl2N2O2.C30H20N2O2.C25H17N.C6H15N.C3H4Cl2O/c31-16-14-28(35)33-25-10-3-2-7-22(25)24-18-19(12-13-27(24)33)20-8-5-9-23-21-6-1-4-11-26(21)34(30(20)23)29(36)15-17-32;1-3-28(33)31-25-14-7-6-11-22(25)24-18-19(16-17-27(24)31)20-12-9-13-23-21-10-5-8-15-26(21)32(30(20)23)29(34)4-2;1-2-7-19-16(6-1)14-17-12-13-18(15-23(17)19)20-9-5-10-22-21-8-3-4-11-24(21)26-25(20)22;1-4-7(5-2)6-3;4-2-1-3(5)6/h1-13,18H,14-17H2;3-18H,1-2H2;1-13,15,26H,14H2;4-6H2,1-3H3;1-2H2. The first-order valence-corrected chi connectivity index (χ1v) is 38.6. The number of aromatic amines is 1. The molecule has 109 heavy (non-hydrogen) atoms. The number of nitrogens with one attached hydrogen (secondary N) is 1. The van der Waals surface area contributed by atoms with Gasteiger partial charge in [0.2, 0.25) is 17.1 Å². The smallest absolute Gasteiger partial charge is 0.254 e. The Morgan fingerprint density at radius 1 is 0.367 bits per heavy atom. The zero-order valence-electron chi connectivity index (χ0n) is 60.7. The average molecular weight is 1510 g/mol. The third-order valence-corrected chi connectivity index (χ3v) is 21.3. The van der Waals surface area contributed by atoms with Gasteiger partial charge in [0.25, 0.3) is 11.8 Å². The number of benzene rings is 12. The Hall–Kier alpha value is -11.4. The van der Waals surface area contributed by atoms with E-state index in [0.29, 0.717) is 5.88 Å². The molecular weight excluding hydrogens is 1430 g/mol. The lowest BCUT2D eigenvalue weighted by Gasteiger charge is -2.13. The van der Waals surface area contributed by atoms with Crippen LogP contribution in [0.2, 0.25) is 0 Å². The summed E-state index contributed by atoms with van der Waals surface area (Å²) in [5.41, 5.74) is 21.2. The molecule has 542 valence electrons. The van der Waals surface area contributed by atoms with Crippen molar-refractivity contribution in [2.24, 2.45) is 0 Å². The highest BCUT2D eigenvalue weighted by Crippen LogP contribution is 2.44. The molecule has 0 atom stereocenters. The van der Waals surface area contributed by atoms with Crippen molar-refractivity contribution < 1.29 is 24.0 Å². The number of rotatable bonds is 14. The molecule has 0 amide bonds. The van der Waals surface area contributed by atoms with E-state index in [-0.39, 0.29) is 59.9 Å². The molecule has 0 radical (unpaired) electrons. The molecule has 1 aliphatic carbocycles. The molecule has 17 aromatic rings. The summed E-state index contributed by atoms with van der Waals surface area (Å²) in [4.78, 5) is 67.6. The number of hydrogen-bond acceptors (Lipinski definition) is 6. The molecule has 18 rings (SSSR count). The quantitative estimate of drug-likeness (QED) is 0.0657. The van der Waals surface area contributed by atoms with Crippen molar-refractivity contribution in [1.82, 2.24) is 28.2 Å². The zero-order chi connectivity index (χ0) is 76.0. The minimum absolute atomic E-state index is 0.0298. The first-order chi connectivity index (χ1) is 53.3. The fourth-order valence-corrected chi connectivity index (χ4v) is 16.2. The Bertz CT molecular complexity index is 6420. The number of carbonyl (C=O) groups excluding carboxylic acids is 5. The predicted molar refractivity (Wildman–Crippen MR) is 458 cm³/mol. The molecule has 1 aliphatic rings. The minimum atomic E-state index is -0.370. The lowest BCUT2D eigenvalue weighted by atomic mass is 9.97. The summed E-state index contributed by atoms with van der Waals surface area (Å²) in [6, 6.07) is 86.9. The molecule has 0 unspecified atom stereocenters. The molecule has 0 fully saturated rings. The normalized spacial score (nSPS) is 11.5. The Labute approximate surface area is 651 Å². The van der Waals surface area contributed by atoms with E-state index >= 15 is 0 Å². The van der Waals surface area contributed by atoms with E-state index in [1.54, 1.807) is 18.3 Å². The maximum atomic E-state index is 13.3. The van der Waals surface area contributed by atoms with Gasteiger partial charge >= 0.3 is 0 Å². The molecule has 1 N–H and O–H groups in total. The van der Waals surface area contributed by atoms with Crippen LogP contribution in [0, 0.1) is 0 Å². The van der Waals surface area contributed by atoms with E-state index in [1.807, 2.05) is 152 Å². The monoisotopic (exact) mass is 1510 g/mol. The molecule has 0 bridgehead atoms. The highest BCUT2D eigenvalue weighted by molar-refractivity contribution is 6.63. The molecule has 5 heterocycles. The Morgan fingerprint density at radius 3 is 1.28 bits per heavy atom. The summed E-state index contributed by atoms with van der Waals surface area (Å²) in [5, 5.41) is 10.2. The van der Waals surface area contributed by atoms with Crippen molar-refractivity contribution in [3.05, 3.63) is 291 Å². The van der Waals surface area contributed by atoms with Gasteiger partial charge in [-0.05, 0) is 149 Å². The second-order valence-corrected chi connectivity index (χ2v) is 28.1. The Morgan fingerprint density at radius 2 is 0.752 bits per heavy atom. The summed E-state index contributed by atoms with van der Waals surface area (Å²) >= 11 is 21.8. The van der Waals surface area contributed by atoms with Crippen LogP contribution >= 0.6 is 46.4 Å². The van der Waals surface area contributed by atoms with Gasteiger partial charge in [-0.3, -0.25) is 42.2 Å². The first-order valence-electron chi connectivity index (χ1n) is 36.6. The van der Waals surface area contributed by atoms with E-state index in [1.165, 1.54) is 87.0 Å². The van der Waals surface area contributed by atoms with Gasteiger partial charge in [-0.15, -0.1) is 34.8 Å². The highest BCUT2D eigenvalue weighted by atomic mass is 35.5. The van der Waals surface area contributed by atoms with E-state index in [0.717, 1.165) is 116 Å². The number of hydrogen-bond donors (Lipinski definition) is 1.